The zero-order valence-corrected chi connectivity index (χ0v) is 6.92. The van der Waals surface area contributed by atoms with E-state index in [9.17, 15) is 0 Å². The van der Waals surface area contributed by atoms with Gasteiger partial charge < -0.3 is 10.1 Å². The molecule has 0 atom stereocenters. The molecule has 0 saturated heterocycles. The van der Waals surface area contributed by atoms with Gasteiger partial charge in [0.25, 0.3) is 0 Å². The third-order valence-corrected chi connectivity index (χ3v) is 1.35. The third kappa shape index (κ3) is 2.16. The molecule has 2 nitrogen and oxygen atoms in total. The summed E-state index contributed by atoms with van der Waals surface area (Å²) in [6.07, 6.45) is 1.54. The molecule has 60 valence electrons. The predicted octanol–water partition coefficient (Wildman–Crippen LogP) is 1.70. The summed E-state index contributed by atoms with van der Waals surface area (Å²) in [6, 6.07) is 9.25. The van der Waals surface area contributed by atoms with E-state index in [1.807, 2.05) is 6.07 Å². The second kappa shape index (κ2) is 4.23. The number of methoxy groups -OCH3 is 1. The van der Waals surface area contributed by atoms with Gasteiger partial charge >= 0.3 is 0 Å². The van der Waals surface area contributed by atoms with E-state index in [0.29, 0.717) is 12.3 Å². The SMILES string of the molecule is [CH+]=CCNc1cc#cc(OC)c1. The zero-order chi connectivity index (χ0) is 8.81. The lowest BCUT2D eigenvalue weighted by Gasteiger charge is -2.00. The van der Waals surface area contributed by atoms with E-state index >= 15 is 0 Å². The van der Waals surface area contributed by atoms with Gasteiger partial charge in [-0.1, -0.05) is 6.07 Å². The molecule has 0 bridgehead atoms. The van der Waals surface area contributed by atoms with Crippen molar-refractivity contribution in [1.29, 1.82) is 0 Å². The molecule has 0 unspecified atom stereocenters. The first kappa shape index (κ1) is 8.39. The van der Waals surface area contributed by atoms with Crippen molar-refractivity contribution < 1.29 is 4.74 Å². The molecular formula is C10H10NO+. The average molecular weight is 160 g/mol. The Bertz CT molecular complexity index is 258. The van der Waals surface area contributed by atoms with Gasteiger partial charge in [0.05, 0.1) is 13.7 Å². The normalized spacial score (nSPS) is 8.33. The molecule has 0 aliphatic rings. The highest BCUT2D eigenvalue weighted by atomic mass is 16.5. The summed E-state index contributed by atoms with van der Waals surface area (Å²) in [5.41, 5.74) is 0.923. The second-order valence-corrected chi connectivity index (χ2v) is 2.20. The number of anilines is 1. The Hall–Kier alpha value is -1.71. The summed E-state index contributed by atoms with van der Waals surface area (Å²) in [7, 11) is 1.60. The minimum atomic E-state index is 0.626. The van der Waals surface area contributed by atoms with E-state index in [-0.39, 0.29) is 0 Å². The van der Waals surface area contributed by atoms with Gasteiger partial charge in [0.2, 0.25) is 6.58 Å². The van der Waals surface area contributed by atoms with Crippen LogP contribution < -0.4 is 10.1 Å². The first-order valence-corrected chi connectivity index (χ1v) is 3.61. The highest BCUT2D eigenvalue weighted by Gasteiger charge is 1.92. The molecule has 0 spiro atoms. The van der Waals surface area contributed by atoms with Crippen LogP contribution in [-0.4, -0.2) is 13.7 Å². The Kier molecular flexibility index (Phi) is 2.95. The minimum Gasteiger partial charge on any atom is -0.489 e. The van der Waals surface area contributed by atoms with Crippen molar-refractivity contribution in [3.8, 4) is 5.75 Å². The second-order valence-electron chi connectivity index (χ2n) is 2.20. The molecule has 1 aromatic rings. The summed E-state index contributed by atoms with van der Waals surface area (Å²) < 4.78 is 4.97. The lowest BCUT2D eigenvalue weighted by Crippen LogP contribution is -1.96. The summed E-state index contributed by atoms with van der Waals surface area (Å²) in [4.78, 5) is 0. The van der Waals surface area contributed by atoms with E-state index in [1.54, 1.807) is 19.3 Å². The van der Waals surface area contributed by atoms with Crippen molar-refractivity contribution in [3.63, 3.8) is 0 Å². The molecule has 0 aliphatic heterocycles. The fraction of sp³-hybridized carbons (Fsp3) is 0.200. The minimum absolute atomic E-state index is 0.626. The Morgan fingerprint density at radius 1 is 1.75 bits per heavy atom. The van der Waals surface area contributed by atoms with Gasteiger partial charge in [0, 0.05) is 17.8 Å². The van der Waals surface area contributed by atoms with Crippen LogP contribution in [0.2, 0.25) is 0 Å². The lowest BCUT2D eigenvalue weighted by molar-refractivity contribution is 0.415. The highest BCUT2D eigenvalue weighted by Crippen LogP contribution is 2.12. The molecule has 0 aromatic heterocycles. The van der Waals surface area contributed by atoms with Crippen LogP contribution in [0, 0.1) is 18.7 Å². The number of nitrogens with one attached hydrogen (secondary N) is 1. The molecule has 0 fully saturated rings. The highest BCUT2D eigenvalue weighted by molar-refractivity contribution is 5.45. The summed E-state index contributed by atoms with van der Waals surface area (Å²) in [6.45, 7) is 5.84. The molecule has 0 radical (unpaired) electrons. The molecule has 1 N–H and O–H groups in total. The van der Waals surface area contributed by atoms with Gasteiger partial charge in [-0.3, -0.25) is 0 Å². The molecule has 1 rings (SSSR count). The number of hydrogen-bond donors (Lipinski definition) is 1. The van der Waals surface area contributed by atoms with Crippen molar-refractivity contribution >= 4 is 5.69 Å². The third-order valence-electron chi connectivity index (χ3n) is 1.35. The molecule has 0 aliphatic carbocycles. The standard InChI is InChI=1S/C10H10NO/c1-3-7-11-9-5-4-6-10(8-9)12-2/h1,3,5,8,11H,7H2,2H3/q+1. The first-order valence-electron chi connectivity index (χ1n) is 3.61. The number of ether oxygens (including phenoxy) is 1. The van der Waals surface area contributed by atoms with Crippen LogP contribution in [0.1, 0.15) is 0 Å². The quantitative estimate of drug-likeness (QED) is 0.677. The van der Waals surface area contributed by atoms with Crippen molar-refractivity contribution in [3.05, 3.63) is 36.9 Å². The topological polar surface area (TPSA) is 21.3 Å². The Balaban J connectivity index is 2.65. The van der Waals surface area contributed by atoms with Crippen LogP contribution in [0.4, 0.5) is 5.69 Å². The van der Waals surface area contributed by atoms with E-state index in [4.69, 9.17) is 11.3 Å². The van der Waals surface area contributed by atoms with Crippen LogP contribution in [0.5, 0.6) is 5.75 Å². The molecular weight excluding hydrogens is 150 g/mol. The van der Waals surface area contributed by atoms with Crippen LogP contribution in [0.25, 0.3) is 0 Å². The zero-order valence-electron chi connectivity index (χ0n) is 6.92. The largest absolute Gasteiger partial charge is 0.489 e. The molecule has 12 heavy (non-hydrogen) atoms. The van der Waals surface area contributed by atoms with E-state index in [2.05, 4.69) is 17.4 Å². The molecule has 1 aromatic carbocycles. The molecule has 0 heterocycles. The molecule has 0 saturated carbocycles. The van der Waals surface area contributed by atoms with Gasteiger partial charge in [-0.05, 0) is 6.07 Å². The van der Waals surface area contributed by atoms with E-state index < -0.39 is 0 Å². The lowest BCUT2D eigenvalue weighted by atomic mass is 10.3. The summed E-state index contributed by atoms with van der Waals surface area (Å²) >= 11 is 0. The summed E-state index contributed by atoms with van der Waals surface area (Å²) in [5, 5.41) is 3.06. The Labute approximate surface area is 72.9 Å². The van der Waals surface area contributed by atoms with Crippen LogP contribution >= 0.6 is 0 Å². The van der Waals surface area contributed by atoms with Crippen molar-refractivity contribution in [2.75, 3.05) is 19.0 Å². The summed E-state index contributed by atoms with van der Waals surface area (Å²) in [5.74, 6) is 0.664. The van der Waals surface area contributed by atoms with Crippen LogP contribution in [-0.2, 0) is 0 Å². The average Bonchev–Trinajstić information content (AvgIpc) is 2.15. The fourth-order valence-corrected chi connectivity index (χ4v) is 0.793. The van der Waals surface area contributed by atoms with Gasteiger partial charge in [-0.25, -0.2) is 0 Å². The molecule has 2 heteroatoms. The Morgan fingerprint density at radius 2 is 2.58 bits per heavy atom. The monoisotopic (exact) mass is 160 g/mol. The maximum atomic E-state index is 5.21. The number of hydrogen-bond acceptors (Lipinski definition) is 2. The van der Waals surface area contributed by atoms with Crippen molar-refractivity contribution in [1.82, 2.24) is 0 Å². The van der Waals surface area contributed by atoms with Gasteiger partial charge in [0.1, 0.15) is 0 Å². The van der Waals surface area contributed by atoms with Gasteiger partial charge in [-0.2, -0.15) is 0 Å². The predicted molar refractivity (Wildman–Crippen MR) is 48.0 cm³/mol. The fourth-order valence-electron chi connectivity index (χ4n) is 0.793. The maximum absolute atomic E-state index is 5.21. The first-order chi connectivity index (χ1) is 5.86. The van der Waals surface area contributed by atoms with Crippen LogP contribution in [0.15, 0.2) is 18.2 Å². The Morgan fingerprint density at radius 3 is 3.25 bits per heavy atom. The van der Waals surface area contributed by atoms with Gasteiger partial charge in [0.15, 0.2) is 11.8 Å². The smallest absolute Gasteiger partial charge is 0.203 e. The number of rotatable bonds is 4. The van der Waals surface area contributed by atoms with E-state index in [1.165, 1.54) is 0 Å². The van der Waals surface area contributed by atoms with Crippen LogP contribution in [0.3, 0.4) is 0 Å². The maximum Gasteiger partial charge on any atom is 0.203 e. The van der Waals surface area contributed by atoms with Crippen molar-refractivity contribution in [2.24, 2.45) is 0 Å². The van der Waals surface area contributed by atoms with E-state index in [0.717, 1.165) is 5.69 Å². The molecule has 0 amide bonds. The van der Waals surface area contributed by atoms with Crippen molar-refractivity contribution in [2.45, 2.75) is 0 Å². The van der Waals surface area contributed by atoms with Gasteiger partial charge in [-0.15, -0.1) is 0 Å².